The quantitative estimate of drug-likeness (QED) is 0.611. The zero-order chi connectivity index (χ0) is 14.3. The lowest BCUT2D eigenvalue weighted by Crippen LogP contribution is -2.24. The van der Waals surface area contributed by atoms with E-state index in [0.29, 0.717) is 6.04 Å². The van der Waals surface area contributed by atoms with Crippen LogP contribution in [0.25, 0.3) is 0 Å². The number of halogens is 2. The third-order valence-electron chi connectivity index (χ3n) is 3.65. The van der Waals surface area contributed by atoms with Crippen LogP contribution in [-0.2, 0) is 0 Å². The van der Waals surface area contributed by atoms with Crippen molar-refractivity contribution in [3.8, 4) is 0 Å². The van der Waals surface area contributed by atoms with Gasteiger partial charge in [-0.05, 0) is 49.1 Å². The van der Waals surface area contributed by atoms with Gasteiger partial charge in [0.15, 0.2) is 0 Å². The van der Waals surface area contributed by atoms with E-state index < -0.39 is 0 Å². The molecule has 3 heteroatoms. The minimum Gasteiger partial charge on any atom is -0.310 e. The van der Waals surface area contributed by atoms with E-state index in [0.717, 1.165) is 28.4 Å². The molecule has 1 atom stereocenters. The van der Waals surface area contributed by atoms with Crippen molar-refractivity contribution >= 4 is 27.5 Å². The lowest BCUT2D eigenvalue weighted by atomic mass is 9.91. The first-order valence-corrected chi connectivity index (χ1v) is 8.47. The first kappa shape index (κ1) is 17.0. The summed E-state index contributed by atoms with van der Waals surface area (Å²) in [6.45, 7) is 7.81. The van der Waals surface area contributed by atoms with Crippen molar-refractivity contribution in [3.05, 3.63) is 33.3 Å². The molecule has 1 aromatic carbocycles. The Balaban J connectivity index is 2.87. The predicted octanol–water partition coefficient (Wildman–Crippen LogP) is 5.97. The summed E-state index contributed by atoms with van der Waals surface area (Å²) in [5, 5.41) is 4.46. The molecule has 1 rings (SSSR count). The van der Waals surface area contributed by atoms with Gasteiger partial charge >= 0.3 is 0 Å². The molecule has 0 radical (unpaired) electrons. The number of hydrogen-bond donors (Lipinski definition) is 1. The molecule has 0 aliphatic rings. The molecule has 0 aliphatic carbocycles. The van der Waals surface area contributed by atoms with E-state index in [1.54, 1.807) is 0 Å². The average Bonchev–Trinajstić information content (AvgIpc) is 2.38. The van der Waals surface area contributed by atoms with Gasteiger partial charge in [0.1, 0.15) is 0 Å². The summed E-state index contributed by atoms with van der Waals surface area (Å²) in [7, 11) is 0. The Morgan fingerprint density at radius 2 is 1.84 bits per heavy atom. The summed E-state index contributed by atoms with van der Waals surface area (Å²) < 4.78 is 1.06. The smallest absolute Gasteiger partial charge is 0.0420 e. The molecule has 0 bridgehead atoms. The van der Waals surface area contributed by atoms with Crippen molar-refractivity contribution in [2.24, 2.45) is 5.92 Å². The maximum absolute atomic E-state index is 6.17. The first-order valence-electron chi connectivity index (χ1n) is 7.30. The molecule has 0 amide bonds. The third kappa shape index (κ3) is 5.85. The van der Waals surface area contributed by atoms with Gasteiger partial charge in [-0.3, -0.25) is 0 Å². The van der Waals surface area contributed by atoms with Crippen LogP contribution in [0, 0.1) is 5.92 Å². The first-order chi connectivity index (χ1) is 9.10. The second-order valence-corrected chi connectivity index (χ2v) is 6.48. The van der Waals surface area contributed by atoms with Gasteiger partial charge in [0.2, 0.25) is 0 Å². The number of nitrogens with one attached hydrogen (secondary N) is 1. The molecule has 0 saturated heterocycles. The molecule has 108 valence electrons. The Hall–Kier alpha value is -0.0500. The van der Waals surface area contributed by atoms with Gasteiger partial charge in [0.05, 0.1) is 0 Å². The zero-order valence-electron chi connectivity index (χ0n) is 12.2. The molecule has 0 aliphatic heterocycles. The highest BCUT2D eigenvalue weighted by Gasteiger charge is 2.16. The van der Waals surface area contributed by atoms with Crippen molar-refractivity contribution in [2.75, 3.05) is 6.54 Å². The van der Waals surface area contributed by atoms with Crippen LogP contribution in [0.5, 0.6) is 0 Å². The molecule has 19 heavy (non-hydrogen) atoms. The molecular weight excluding hydrogens is 322 g/mol. The lowest BCUT2D eigenvalue weighted by molar-refractivity contribution is 0.371. The molecule has 0 spiro atoms. The summed E-state index contributed by atoms with van der Waals surface area (Å²) in [6.07, 6.45) is 4.81. The van der Waals surface area contributed by atoms with Gasteiger partial charge in [-0.15, -0.1) is 0 Å². The average molecular weight is 347 g/mol. The summed E-state index contributed by atoms with van der Waals surface area (Å²) >= 11 is 9.71. The fourth-order valence-electron chi connectivity index (χ4n) is 2.39. The Morgan fingerprint density at radius 3 is 2.37 bits per heavy atom. The Labute approximate surface area is 131 Å². The van der Waals surface area contributed by atoms with Gasteiger partial charge in [-0.2, -0.15) is 0 Å². The highest BCUT2D eigenvalue weighted by Crippen LogP contribution is 2.29. The minimum atomic E-state index is 0.403. The van der Waals surface area contributed by atoms with E-state index in [1.165, 1.54) is 24.8 Å². The molecule has 1 aromatic rings. The van der Waals surface area contributed by atoms with E-state index >= 15 is 0 Å². The fourth-order valence-corrected chi connectivity index (χ4v) is 3.27. The van der Waals surface area contributed by atoms with Crippen LogP contribution in [0.2, 0.25) is 5.02 Å². The maximum Gasteiger partial charge on any atom is 0.0420 e. The van der Waals surface area contributed by atoms with Crippen molar-refractivity contribution in [1.82, 2.24) is 5.32 Å². The van der Waals surface area contributed by atoms with Crippen molar-refractivity contribution in [2.45, 2.75) is 52.5 Å². The van der Waals surface area contributed by atoms with Gasteiger partial charge in [0.25, 0.3) is 0 Å². The van der Waals surface area contributed by atoms with Crippen molar-refractivity contribution in [1.29, 1.82) is 0 Å². The Morgan fingerprint density at radius 1 is 1.16 bits per heavy atom. The summed E-state index contributed by atoms with van der Waals surface area (Å²) in [6, 6.07) is 6.61. The SMILES string of the molecule is CCCNC(CC(CC)CC)c1cc(Cl)cc(Br)c1. The normalized spacial score (nSPS) is 12.9. The van der Waals surface area contributed by atoms with E-state index in [1.807, 2.05) is 6.07 Å². The molecule has 0 fully saturated rings. The maximum atomic E-state index is 6.17. The molecule has 0 aromatic heterocycles. The second kappa shape index (κ2) is 8.99. The number of rotatable bonds is 8. The largest absolute Gasteiger partial charge is 0.310 e. The Kier molecular flexibility index (Phi) is 8.05. The fraction of sp³-hybridized carbons (Fsp3) is 0.625. The van der Waals surface area contributed by atoms with E-state index in [4.69, 9.17) is 11.6 Å². The minimum absolute atomic E-state index is 0.403. The highest BCUT2D eigenvalue weighted by atomic mass is 79.9. The number of benzene rings is 1. The molecule has 1 unspecified atom stereocenters. The lowest BCUT2D eigenvalue weighted by Gasteiger charge is -2.24. The van der Waals surface area contributed by atoms with Crippen LogP contribution >= 0.6 is 27.5 Å². The highest BCUT2D eigenvalue weighted by molar-refractivity contribution is 9.10. The van der Waals surface area contributed by atoms with Crippen LogP contribution < -0.4 is 5.32 Å². The summed E-state index contributed by atoms with van der Waals surface area (Å²) in [5.41, 5.74) is 1.29. The van der Waals surface area contributed by atoms with Crippen LogP contribution in [0.1, 0.15) is 58.1 Å². The van der Waals surface area contributed by atoms with Gasteiger partial charge < -0.3 is 5.32 Å². The van der Waals surface area contributed by atoms with Crippen molar-refractivity contribution in [3.63, 3.8) is 0 Å². The molecule has 0 saturated carbocycles. The van der Waals surface area contributed by atoms with Crippen LogP contribution in [-0.4, -0.2) is 6.54 Å². The molecule has 1 nitrogen and oxygen atoms in total. The summed E-state index contributed by atoms with van der Waals surface area (Å²) in [5.74, 6) is 0.770. The van der Waals surface area contributed by atoms with Gasteiger partial charge in [0, 0.05) is 15.5 Å². The third-order valence-corrected chi connectivity index (χ3v) is 4.33. The van der Waals surface area contributed by atoms with Crippen LogP contribution in [0.15, 0.2) is 22.7 Å². The zero-order valence-corrected chi connectivity index (χ0v) is 14.5. The standard InChI is InChI=1S/C16H25BrClN/c1-4-7-19-16(8-12(5-2)6-3)13-9-14(17)11-15(18)10-13/h9-12,16,19H,4-8H2,1-3H3. The van der Waals surface area contributed by atoms with Crippen LogP contribution in [0.3, 0.4) is 0 Å². The molecule has 1 N–H and O–H groups in total. The topological polar surface area (TPSA) is 12.0 Å². The van der Waals surface area contributed by atoms with E-state index in [2.05, 4.69) is 54.2 Å². The Bertz CT molecular complexity index is 357. The predicted molar refractivity (Wildman–Crippen MR) is 88.9 cm³/mol. The van der Waals surface area contributed by atoms with E-state index in [9.17, 15) is 0 Å². The summed E-state index contributed by atoms with van der Waals surface area (Å²) in [4.78, 5) is 0. The van der Waals surface area contributed by atoms with Crippen LogP contribution in [0.4, 0.5) is 0 Å². The van der Waals surface area contributed by atoms with E-state index in [-0.39, 0.29) is 0 Å². The second-order valence-electron chi connectivity index (χ2n) is 5.13. The number of hydrogen-bond acceptors (Lipinski definition) is 1. The van der Waals surface area contributed by atoms with Gasteiger partial charge in [-0.1, -0.05) is 61.1 Å². The monoisotopic (exact) mass is 345 g/mol. The van der Waals surface area contributed by atoms with Crippen molar-refractivity contribution < 1.29 is 0 Å². The van der Waals surface area contributed by atoms with Gasteiger partial charge in [-0.25, -0.2) is 0 Å². The molecule has 0 heterocycles. The molecular formula is C16H25BrClN.